The second-order valence-electron chi connectivity index (χ2n) is 4.96. The van der Waals surface area contributed by atoms with Gasteiger partial charge in [-0.05, 0) is 31.0 Å². The third kappa shape index (κ3) is 3.74. The molecule has 0 saturated carbocycles. The van der Waals surface area contributed by atoms with Crippen LogP contribution in [0.1, 0.15) is 12.8 Å². The fourth-order valence-electron chi connectivity index (χ4n) is 2.35. The number of nitrogens with zero attached hydrogens (tertiary/aromatic N) is 1. The molecule has 1 unspecified atom stereocenters. The number of hydrogen-bond donors (Lipinski definition) is 2. The van der Waals surface area contributed by atoms with Gasteiger partial charge in [-0.1, -0.05) is 11.6 Å². The third-order valence-electron chi connectivity index (χ3n) is 3.35. The standard InChI is InChI=1S/C13H15ClN2O6S/c14-8-3-4-10(22-7-12(15)17)11(6-8)23(20,21)16-5-1-2-9(16)13(18)19/h3-4,6,9H,1-2,5,7H2,(H2,15,17)(H,18,19). The number of ether oxygens (including phenoxy) is 1. The molecule has 0 aliphatic carbocycles. The molecule has 0 bridgehead atoms. The Morgan fingerprint density at radius 2 is 2.13 bits per heavy atom. The van der Waals surface area contributed by atoms with E-state index in [0.29, 0.717) is 6.42 Å². The van der Waals surface area contributed by atoms with Gasteiger partial charge >= 0.3 is 5.97 Å². The predicted octanol–water partition coefficient (Wildman–Crippen LogP) is 0.442. The summed E-state index contributed by atoms with van der Waals surface area (Å²) >= 11 is 5.84. The predicted molar refractivity (Wildman–Crippen MR) is 80.7 cm³/mol. The molecule has 3 N–H and O–H groups in total. The van der Waals surface area contributed by atoms with Crippen LogP contribution in [0.4, 0.5) is 0 Å². The Hall–Kier alpha value is -1.84. The lowest BCUT2D eigenvalue weighted by Gasteiger charge is -2.22. The Morgan fingerprint density at radius 3 is 2.74 bits per heavy atom. The lowest BCUT2D eigenvalue weighted by molar-refractivity contribution is -0.140. The summed E-state index contributed by atoms with van der Waals surface area (Å²) < 4.78 is 31.6. The number of aliphatic carboxylic acids is 1. The fourth-order valence-corrected chi connectivity index (χ4v) is 4.40. The summed E-state index contributed by atoms with van der Waals surface area (Å²) in [6, 6.07) is 2.72. The molecule has 1 fully saturated rings. The highest BCUT2D eigenvalue weighted by Crippen LogP contribution is 2.33. The van der Waals surface area contributed by atoms with E-state index in [0.717, 1.165) is 10.4 Å². The first-order chi connectivity index (χ1) is 10.7. The van der Waals surface area contributed by atoms with Crippen molar-refractivity contribution in [2.45, 2.75) is 23.8 Å². The summed E-state index contributed by atoms with van der Waals surface area (Å²) in [5, 5.41) is 9.31. The third-order valence-corrected chi connectivity index (χ3v) is 5.52. The molecule has 0 radical (unpaired) electrons. The molecule has 1 saturated heterocycles. The summed E-state index contributed by atoms with van der Waals surface area (Å²) in [6.45, 7) is -0.423. The second kappa shape index (κ2) is 6.73. The number of carboxylic acid groups (broad SMARTS) is 1. The first-order valence-electron chi connectivity index (χ1n) is 6.69. The average molecular weight is 363 g/mol. The second-order valence-corrected chi connectivity index (χ2v) is 7.25. The molecule has 1 amide bonds. The fraction of sp³-hybridized carbons (Fsp3) is 0.385. The average Bonchev–Trinajstić information content (AvgIpc) is 2.96. The largest absolute Gasteiger partial charge is 0.482 e. The van der Waals surface area contributed by atoms with Gasteiger partial charge in [0.1, 0.15) is 16.7 Å². The highest BCUT2D eigenvalue weighted by molar-refractivity contribution is 7.89. The molecule has 10 heteroatoms. The molecular formula is C13H15ClN2O6S. The van der Waals surface area contributed by atoms with Crippen molar-refractivity contribution in [3.8, 4) is 5.75 Å². The normalized spacial score (nSPS) is 18.7. The number of primary amides is 1. The summed E-state index contributed by atoms with van der Waals surface area (Å²) in [4.78, 5) is 21.8. The van der Waals surface area contributed by atoms with Crippen LogP contribution in [-0.2, 0) is 19.6 Å². The lowest BCUT2D eigenvalue weighted by atomic mass is 10.2. The van der Waals surface area contributed by atoms with Gasteiger partial charge < -0.3 is 15.6 Å². The Labute approximate surface area is 137 Å². The molecule has 0 spiro atoms. The van der Waals surface area contributed by atoms with E-state index in [1.807, 2.05) is 0 Å². The molecule has 126 valence electrons. The number of benzene rings is 1. The molecule has 8 nitrogen and oxygen atoms in total. The first-order valence-corrected chi connectivity index (χ1v) is 8.50. The molecule has 1 aliphatic heterocycles. The minimum atomic E-state index is -4.14. The van der Waals surface area contributed by atoms with E-state index >= 15 is 0 Å². The zero-order valence-corrected chi connectivity index (χ0v) is 13.5. The van der Waals surface area contributed by atoms with Crippen LogP contribution in [0.3, 0.4) is 0 Å². The zero-order chi connectivity index (χ0) is 17.2. The molecule has 1 aliphatic rings. The van der Waals surface area contributed by atoms with Crippen molar-refractivity contribution in [1.29, 1.82) is 0 Å². The summed E-state index contributed by atoms with van der Waals surface area (Å²) in [5.41, 5.74) is 4.99. The van der Waals surface area contributed by atoms with Gasteiger partial charge in [0.2, 0.25) is 10.0 Å². The van der Waals surface area contributed by atoms with Crippen molar-refractivity contribution >= 4 is 33.5 Å². The topological polar surface area (TPSA) is 127 Å². The van der Waals surface area contributed by atoms with Crippen molar-refractivity contribution in [3.05, 3.63) is 23.2 Å². The zero-order valence-electron chi connectivity index (χ0n) is 11.9. The van der Waals surface area contributed by atoms with Crippen LogP contribution in [0.2, 0.25) is 5.02 Å². The smallest absolute Gasteiger partial charge is 0.322 e. The number of rotatable bonds is 6. The van der Waals surface area contributed by atoms with Crippen molar-refractivity contribution in [3.63, 3.8) is 0 Å². The SMILES string of the molecule is NC(=O)COc1ccc(Cl)cc1S(=O)(=O)N1CCCC1C(=O)O. The van der Waals surface area contributed by atoms with E-state index < -0.39 is 34.5 Å². The van der Waals surface area contributed by atoms with Crippen molar-refractivity contribution in [2.75, 3.05) is 13.2 Å². The van der Waals surface area contributed by atoms with Gasteiger partial charge in [-0.15, -0.1) is 0 Å². The Balaban J connectivity index is 2.44. The van der Waals surface area contributed by atoms with Gasteiger partial charge in [-0.3, -0.25) is 9.59 Å². The highest BCUT2D eigenvalue weighted by atomic mass is 35.5. The number of hydrogen-bond acceptors (Lipinski definition) is 5. The molecule has 0 aromatic heterocycles. The van der Waals surface area contributed by atoms with E-state index in [-0.39, 0.29) is 28.6 Å². The number of carbonyl (C=O) groups is 2. The first kappa shape index (κ1) is 17.5. The van der Waals surface area contributed by atoms with Gasteiger partial charge in [-0.2, -0.15) is 4.31 Å². The van der Waals surface area contributed by atoms with E-state index in [1.165, 1.54) is 12.1 Å². The van der Waals surface area contributed by atoms with Crippen molar-refractivity contribution in [2.24, 2.45) is 5.73 Å². The van der Waals surface area contributed by atoms with Crippen molar-refractivity contribution < 1.29 is 27.9 Å². The molecule has 1 aromatic carbocycles. The summed E-state index contributed by atoms with van der Waals surface area (Å²) in [6.07, 6.45) is 0.668. The monoisotopic (exact) mass is 362 g/mol. The van der Waals surface area contributed by atoms with Crippen LogP contribution >= 0.6 is 11.6 Å². The van der Waals surface area contributed by atoms with E-state index in [9.17, 15) is 18.0 Å². The number of amides is 1. The minimum absolute atomic E-state index is 0.0844. The minimum Gasteiger partial charge on any atom is -0.482 e. The lowest BCUT2D eigenvalue weighted by Crippen LogP contribution is -2.40. The van der Waals surface area contributed by atoms with Gasteiger partial charge in [0, 0.05) is 11.6 Å². The highest BCUT2D eigenvalue weighted by Gasteiger charge is 2.40. The molecule has 1 aromatic rings. The van der Waals surface area contributed by atoms with Gasteiger partial charge in [0.25, 0.3) is 5.91 Å². The number of carbonyl (C=O) groups excluding carboxylic acids is 1. The summed E-state index contributed by atoms with van der Waals surface area (Å²) in [7, 11) is -4.14. The van der Waals surface area contributed by atoms with E-state index in [1.54, 1.807) is 0 Å². The molecule has 1 atom stereocenters. The number of carboxylic acids is 1. The maximum Gasteiger partial charge on any atom is 0.322 e. The Morgan fingerprint density at radius 1 is 1.43 bits per heavy atom. The maximum atomic E-state index is 12.8. The Bertz CT molecular complexity index is 736. The van der Waals surface area contributed by atoms with Crippen LogP contribution in [0.25, 0.3) is 0 Å². The van der Waals surface area contributed by atoms with Crippen LogP contribution in [0, 0.1) is 0 Å². The van der Waals surface area contributed by atoms with Gasteiger partial charge in [0.15, 0.2) is 6.61 Å². The van der Waals surface area contributed by atoms with Crippen LogP contribution in [0.5, 0.6) is 5.75 Å². The number of sulfonamides is 1. The maximum absolute atomic E-state index is 12.8. The molecule has 23 heavy (non-hydrogen) atoms. The molecular weight excluding hydrogens is 348 g/mol. The van der Waals surface area contributed by atoms with Crippen LogP contribution < -0.4 is 10.5 Å². The van der Waals surface area contributed by atoms with E-state index in [4.69, 9.17) is 27.2 Å². The quantitative estimate of drug-likeness (QED) is 0.756. The summed E-state index contributed by atoms with van der Waals surface area (Å²) in [5.74, 6) is -2.09. The van der Waals surface area contributed by atoms with Crippen LogP contribution in [0.15, 0.2) is 23.1 Å². The van der Waals surface area contributed by atoms with E-state index in [2.05, 4.69) is 0 Å². The Kier molecular flexibility index (Phi) is 5.12. The molecule has 2 rings (SSSR count). The van der Waals surface area contributed by atoms with Crippen molar-refractivity contribution in [1.82, 2.24) is 4.31 Å². The van der Waals surface area contributed by atoms with Gasteiger partial charge in [-0.25, -0.2) is 8.42 Å². The number of nitrogens with two attached hydrogens (primary N) is 1. The molecule has 1 heterocycles. The van der Waals surface area contributed by atoms with Gasteiger partial charge in [0.05, 0.1) is 0 Å². The number of halogens is 1. The van der Waals surface area contributed by atoms with Crippen LogP contribution in [-0.4, -0.2) is 48.9 Å².